The van der Waals surface area contributed by atoms with Gasteiger partial charge in [0.15, 0.2) is 17.3 Å². The molecule has 0 bridgehead atoms. The van der Waals surface area contributed by atoms with Crippen molar-refractivity contribution in [1.82, 2.24) is 0 Å². The van der Waals surface area contributed by atoms with Crippen molar-refractivity contribution in [2.75, 3.05) is 0 Å². The average molecular weight is 837 g/mol. The Bertz CT molecular complexity index is 888. The van der Waals surface area contributed by atoms with E-state index in [-0.39, 0.29) is 11.1 Å². The van der Waals surface area contributed by atoms with Gasteiger partial charge in [-0.2, -0.15) is 0 Å². The van der Waals surface area contributed by atoms with Gasteiger partial charge < -0.3 is 0 Å². The molecule has 0 aliphatic heterocycles. The number of hydrogen-bond acceptors (Lipinski definition) is 0. The summed E-state index contributed by atoms with van der Waals surface area (Å²) in [5.41, 5.74) is 0.176. The zero-order chi connectivity index (χ0) is 27.6. The highest BCUT2D eigenvalue weighted by Gasteiger charge is 2.70. The lowest BCUT2D eigenvalue weighted by molar-refractivity contribution is 0.588. The van der Waals surface area contributed by atoms with Crippen molar-refractivity contribution in [3.05, 3.63) is 41.3 Å². The Hall–Kier alpha value is 4.44. The van der Waals surface area contributed by atoms with E-state index in [4.69, 9.17) is 209 Å². The molecule has 1 rings (SSSR count). The van der Waals surface area contributed by atoms with Crippen LogP contribution in [-0.4, -0.2) is 24.9 Å². The Morgan fingerprint density at radius 2 is 0.853 bits per heavy atom. The number of benzene rings is 1. The van der Waals surface area contributed by atoms with Crippen LogP contribution in [-0.2, 0) is 8.67 Å². The number of hydrogen-bond donors (Lipinski definition) is 0. The Morgan fingerprint density at radius 1 is 0.500 bits per heavy atom. The molecule has 0 heterocycles. The van der Waals surface area contributed by atoms with E-state index in [9.17, 15) is 0 Å². The molecule has 1 radical (unpaired) electrons. The van der Waals surface area contributed by atoms with Gasteiger partial charge in [0.05, 0.1) is 0 Å². The summed E-state index contributed by atoms with van der Waals surface area (Å²) >= 11 is 112. The van der Waals surface area contributed by atoms with E-state index in [1.165, 1.54) is 18.2 Å². The maximum Gasteiger partial charge on any atom is 0.226 e. The third-order valence-electron chi connectivity index (χ3n) is 4.35. The predicted molar refractivity (Wildman–Crippen MR) is 161 cm³/mol. The maximum atomic E-state index is 6.60. The van der Waals surface area contributed by atoms with Crippen molar-refractivity contribution in [3.8, 4) is 0 Å². The van der Waals surface area contributed by atoms with Crippen LogP contribution in [0.4, 0.5) is 0 Å². The van der Waals surface area contributed by atoms with Gasteiger partial charge in [-0.3, -0.25) is 0 Å². The first-order valence-electron chi connectivity index (χ1n) is 8.01. The van der Waals surface area contributed by atoms with Gasteiger partial charge in [-0.25, -0.2) is 0 Å². The highest BCUT2D eigenvalue weighted by atomic mass is 35.6. The van der Waals surface area contributed by atoms with E-state index in [0.717, 1.165) is 0 Å². The molecule has 0 spiro atoms. The molecule has 0 N–H and O–H groups in total. The summed E-state index contributed by atoms with van der Waals surface area (Å²) < 4.78 is -20.0. The van der Waals surface area contributed by atoms with Gasteiger partial charge in [0.1, 0.15) is 0 Å². The summed E-state index contributed by atoms with van der Waals surface area (Å²) in [5, 5.41) is 0. The fourth-order valence-electron chi connectivity index (χ4n) is 2.38. The number of alkyl halides is 18. The summed E-state index contributed by atoms with van der Waals surface area (Å²) in [6.45, 7) is 1.63. The SMILES string of the molecule is C[CH]c1ccc(C(Cl)(Cl)C(Cl)(Cl)C(Cl)(Cl)C(Cl)(Cl)Cl)cc1C(Cl)(Cl)C(Cl)(Cl)C(Cl)(Cl)C(Cl)(Cl)Cl. The molecule has 1 aromatic carbocycles. The van der Waals surface area contributed by atoms with Gasteiger partial charge in [0, 0.05) is 0 Å². The monoisotopic (exact) mass is 828 g/mol. The van der Waals surface area contributed by atoms with Crippen molar-refractivity contribution >= 4 is 209 Å². The molecule has 0 aromatic heterocycles. The maximum absolute atomic E-state index is 6.60. The van der Waals surface area contributed by atoms with E-state index in [2.05, 4.69) is 0 Å². The topological polar surface area (TPSA) is 0 Å². The van der Waals surface area contributed by atoms with E-state index < -0.39 is 33.6 Å². The highest BCUT2D eigenvalue weighted by Crippen LogP contribution is 2.67. The first kappa shape index (κ1) is 36.5. The van der Waals surface area contributed by atoms with Crippen molar-refractivity contribution in [2.24, 2.45) is 0 Å². The van der Waals surface area contributed by atoms with E-state index in [1.54, 1.807) is 13.3 Å². The summed E-state index contributed by atoms with van der Waals surface area (Å²) in [5.74, 6) is 0. The molecule has 0 aliphatic rings. The van der Waals surface area contributed by atoms with Crippen LogP contribution in [0.2, 0.25) is 0 Å². The normalized spacial score (nSPS) is 15.6. The summed E-state index contributed by atoms with van der Waals surface area (Å²) in [6.07, 6.45) is 1.56. The first-order valence-corrected chi connectivity index (χ1v) is 14.8. The number of halogens is 18. The lowest BCUT2D eigenvalue weighted by Crippen LogP contribution is -2.55. The third-order valence-corrected chi connectivity index (χ3v) is 15.3. The molecular formula is C16H7Cl18. The van der Waals surface area contributed by atoms with Crippen LogP contribution < -0.4 is 0 Å². The largest absolute Gasteiger partial charge is 0.226 e. The van der Waals surface area contributed by atoms with Crippen LogP contribution in [0.15, 0.2) is 18.2 Å². The molecule has 197 valence electrons. The third kappa shape index (κ3) is 6.27. The fraction of sp³-hybridized carbons (Fsp3) is 0.562. The minimum absolute atomic E-state index is 0.0702. The van der Waals surface area contributed by atoms with Crippen LogP contribution in [0, 0.1) is 6.42 Å². The molecule has 0 unspecified atom stereocenters. The second-order valence-corrected chi connectivity index (χ2v) is 19.1. The van der Waals surface area contributed by atoms with Crippen LogP contribution >= 0.6 is 209 Å². The van der Waals surface area contributed by atoms with Gasteiger partial charge in [-0.05, 0) is 29.2 Å². The molecule has 0 atom stereocenters. The second kappa shape index (κ2) is 11.6. The molecule has 18 heteroatoms. The average Bonchev–Trinajstić information content (AvgIpc) is 2.64. The van der Waals surface area contributed by atoms with Crippen molar-refractivity contribution in [3.63, 3.8) is 0 Å². The van der Waals surface area contributed by atoms with Crippen LogP contribution in [0.3, 0.4) is 0 Å². The van der Waals surface area contributed by atoms with Crippen LogP contribution in [0.5, 0.6) is 0 Å². The van der Waals surface area contributed by atoms with Gasteiger partial charge in [-0.1, -0.05) is 228 Å². The lowest BCUT2D eigenvalue weighted by atomic mass is 9.93. The Morgan fingerprint density at radius 3 is 1.18 bits per heavy atom. The lowest BCUT2D eigenvalue weighted by Gasteiger charge is -2.46. The summed E-state index contributed by atoms with van der Waals surface area (Å²) in [7, 11) is 0. The molecule has 0 nitrogen and oxygen atoms in total. The molecular weight excluding hydrogens is 830 g/mol. The quantitative estimate of drug-likeness (QED) is 0.240. The van der Waals surface area contributed by atoms with Crippen molar-refractivity contribution < 1.29 is 0 Å². The number of rotatable bonds is 7. The summed E-state index contributed by atoms with van der Waals surface area (Å²) in [4.78, 5) is 0. The molecule has 34 heavy (non-hydrogen) atoms. The molecule has 0 saturated carbocycles. The Labute approximate surface area is 287 Å². The van der Waals surface area contributed by atoms with E-state index in [0.29, 0.717) is 5.56 Å². The van der Waals surface area contributed by atoms with E-state index in [1.807, 2.05) is 0 Å². The molecule has 1 aromatic rings. The molecule has 0 aliphatic carbocycles. The second-order valence-electron chi connectivity index (χ2n) is 6.53. The van der Waals surface area contributed by atoms with Gasteiger partial charge >= 0.3 is 0 Å². The Kier molecular flexibility index (Phi) is 12.5. The fourth-order valence-corrected chi connectivity index (χ4v) is 6.88. The zero-order valence-electron chi connectivity index (χ0n) is 15.6. The van der Waals surface area contributed by atoms with Crippen molar-refractivity contribution in [1.29, 1.82) is 0 Å². The Balaban J connectivity index is 3.88. The van der Waals surface area contributed by atoms with E-state index >= 15 is 0 Å². The van der Waals surface area contributed by atoms with Crippen molar-refractivity contribution in [2.45, 2.75) is 40.5 Å². The first-order chi connectivity index (χ1) is 14.7. The standard InChI is InChI=1S/C16H7Cl18/c1-2-6-3-4-7(9(17,18)11(21,22)13(25,26)15(29,30)31)5-8(6)10(19,20)12(23,24)14(27,28)16(32,33)34/h2-5H,1H3. The molecule has 0 saturated heterocycles. The van der Waals surface area contributed by atoms with Gasteiger partial charge in [-0.15, -0.1) is 0 Å². The zero-order valence-corrected chi connectivity index (χ0v) is 29.2. The van der Waals surface area contributed by atoms with Gasteiger partial charge in [0.2, 0.25) is 16.3 Å². The highest BCUT2D eigenvalue weighted by molar-refractivity contribution is 6.81. The minimum Gasteiger partial charge on any atom is -0.0943 e. The summed E-state index contributed by atoms with van der Waals surface area (Å²) in [6, 6.07) is 4.02. The molecule has 0 fully saturated rings. The minimum atomic E-state index is -2.59. The smallest absolute Gasteiger partial charge is 0.0943 e. The predicted octanol–water partition coefficient (Wildman–Crippen LogP) is 13.0. The van der Waals surface area contributed by atoms with Crippen LogP contribution in [0.25, 0.3) is 0 Å². The molecule has 0 amide bonds. The van der Waals surface area contributed by atoms with Crippen LogP contribution in [0.1, 0.15) is 23.6 Å². The van der Waals surface area contributed by atoms with Gasteiger partial charge in [0.25, 0.3) is 0 Å².